The van der Waals surface area contributed by atoms with Crippen molar-refractivity contribution in [2.24, 2.45) is 0 Å². The summed E-state index contributed by atoms with van der Waals surface area (Å²) in [7, 11) is -4.19. The first kappa shape index (κ1) is 16.9. The molecule has 1 aromatic carbocycles. The largest absolute Gasteiger partial charge is 0.402 e. The molecule has 0 unspecified atom stereocenters. The summed E-state index contributed by atoms with van der Waals surface area (Å²) in [4.78, 5) is -0.180. The lowest BCUT2D eigenvalue weighted by Crippen LogP contribution is -2.40. The maximum absolute atomic E-state index is 12.4. The van der Waals surface area contributed by atoms with Crippen molar-refractivity contribution >= 4 is 41.9 Å². The average molecular weight is 425 g/mol. The number of hydrogen-bond acceptors (Lipinski definition) is 2. The summed E-state index contributed by atoms with van der Waals surface area (Å²) in [6, 6.07) is 5.77. The van der Waals surface area contributed by atoms with Gasteiger partial charge < -0.3 is 0 Å². The average Bonchev–Trinajstić information content (AvgIpc) is 2.27. The highest BCUT2D eigenvalue weighted by Crippen LogP contribution is 2.27. The molecule has 0 radical (unpaired) electrons. The molecule has 0 heterocycles. The van der Waals surface area contributed by atoms with Crippen molar-refractivity contribution in [3.8, 4) is 0 Å². The van der Waals surface area contributed by atoms with Crippen LogP contribution in [0, 0.1) is 0 Å². The van der Waals surface area contributed by atoms with Crippen molar-refractivity contribution in [1.29, 1.82) is 0 Å². The summed E-state index contributed by atoms with van der Waals surface area (Å²) >= 11 is 5.99. The van der Waals surface area contributed by atoms with Crippen molar-refractivity contribution in [3.05, 3.63) is 28.7 Å². The Labute approximate surface area is 126 Å². The summed E-state index contributed by atoms with van der Waals surface area (Å²) in [5.74, 6) is 0. The Bertz CT molecular complexity index is 534. The molecule has 0 aliphatic carbocycles. The molecule has 0 saturated carbocycles. The van der Waals surface area contributed by atoms with Crippen molar-refractivity contribution in [3.63, 3.8) is 0 Å². The van der Waals surface area contributed by atoms with E-state index < -0.39 is 22.7 Å². The van der Waals surface area contributed by atoms with Crippen LogP contribution in [0.15, 0.2) is 33.6 Å². The number of halogens is 5. The first-order valence-corrected chi connectivity index (χ1v) is 8.41. The highest BCUT2D eigenvalue weighted by atomic mass is 79.9. The van der Waals surface area contributed by atoms with Crippen LogP contribution in [0.5, 0.6) is 0 Å². The number of rotatable bonds is 5. The molecule has 9 heteroatoms. The molecule has 0 fully saturated rings. The van der Waals surface area contributed by atoms with Gasteiger partial charge in [-0.2, -0.15) is 17.5 Å². The highest BCUT2D eigenvalue weighted by Gasteiger charge is 2.37. The van der Waals surface area contributed by atoms with E-state index in [1.165, 1.54) is 18.2 Å². The number of hydrogen-bond donors (Lipinski definition) is 0. The molecule has 0 atom stereocenters. The molecule has 1 rings (SSSR count). The van der Waals surface area contributed by atoms with Gasteiger partial charge in [0.2, 0.25) is 10.0 Å². The third kappa shape index (κ3) is 4.73. The van der Waals surface area contributed by atoms with Crippen molar-refractivity contribution in [2.75, 3.05) is 18.4 Å². The zero-order valence-corrected chi connectivity index (χ0v) is 13.5. The SMILES string of the molecule is O=S(=O)(c1ccccc1Br)N(CCBr)CC(F)(F)F. The fourth-order valence-electron chi connectivity index (χ4n) is 1.37. The van der Waals surface area contributed by atoms with Crippen molar-refractivity contribution in [1.82, 2.24) is 4.31 Å². The van der Waals surface area contributed by atoms with Gasteiger partial charge in [0.05, 0.1) is 4.90 Å². The normalized spacial score (nSPS) is 12.9. The summed E-state index contributed by atoms with van der Waals surface area (Å²) in [6.45, 7) is -1.77. The van der Waals surface area contributed by atoms with Crippen LogP contribution in [-0.2, 0) is 10.0 Å². The molecule has 0 aliphatic rings. The number of alkyl halides is 4. The van der Waals surface area contributed by atoms with E-state index in [-0.39, 0.29) is 21.2 Å². The third-order valence-corrected chi connectivity index (χ3v) is 5.36. The van der Waals surface area contributed by atoms with Crippen LogP contribution in [0.2, 0.25) is 0 Å². The number of nitrogens with zero attached hydrogens (tertiary/aromatic N) is 1. The molecular weight excluding hydrogens is 415 g/mol. The van der Waals surface area contributed by atoms with Crippen LogP contribution in [0.3, 0.4) is 0 Å². The number of benzene rings is 1. The Morgan fingerprint density at radius 2 is 1.79 bits per heavy atom. The standard InChI is InChI=1S/C10H10Br2F3NO2S/c11-5-6-16(7-10(13,14)15)19(17,18)9-4-2-1-3-8(9)12/h1-4H,5-7H2. The zero-order valence-electron chi connectivity index (χ0n) is 9.49. The lowest BCUT2D eigenvalue weighted by atomic mass is 10.4. The monoisotopic (exact) mass is 423 g/mol. The Hall–Kier alpha value is -0.120. The highest BCUT2D eigenvalue weighted by molar-refractivity contribution is 9.10. The summed E-state index contributed by atoms with van der Waals surface area (Å²) in [5, 5.41) is 0.118. The second kappa shape index (κ2) is 6.55. The predicted octanol–water partition coefficient (Wildman–Crippen LogP) is 3.40. The van der Waals surface area contributed by atoms with E-state index in [0.29, 0.717) is 4.31 Å². The van der Waals surface area contributed by atoms with E-state index in [1.54, 1.807) is 6.07 Å². The first-order chi connectivity index (χ1) is 8.68. The van der Waals surface area contributed by atoms with Crippen LogP contribution in [0.4, 0.5) is 13.2 Å². The van der Waals surface area contributed by atoms with Gasteiger partial charge in [-0.1, -0.05) is 28.1 Å². The van der Waals surface area contributed by atoms with Crippen molar-refractivity contribution < 1.29 is 21.6 Å². The van der Waals surface area contributed by atoms with E-state index in [0.717, 1.165) is 0 Å². The molecule has 108 valence electrons. The molecule has 19 heavy (non-hydrogen) atoms. The Balaban J connectivity index is 3.17. The Morgan fingerprint density at radius 1 is 1.21 bits per heavy atom. The minimum atomic E-state index is -4.59. The smallest absolute Gasteiger partial charge is 0.207 e. The Kier molecular flexibility index (Phi) is 5.84. The van der Waals surface area contributed by atoms with Crippen LogP contribution >= 0.6 is 31.9 Å². The molecule has 0 saturated heterocycles. The second-order valence-corrected chi connectivity index (χ2v) is 7.13. The summed E-state index contributed by atoms with van der Waals surface area (Å²) in [5.41, 5.74) is 0. The van der Waals surface area contributed by atoms with Gasteiger partial charge in [-0.25, -0.2) is 8.42 Å². The van der Waals surface area contributed by atoms with Crippen molar-refractivity contribution in [2.45, 2.75) is 11.1 Å². The Morgan fingerprint density at radius 3 is 2.26 bits per heavy atom. The summed E-state index contributed by atoms with van der Waals surface area (Å²) in [6.07, 6.45) is -4.59. The van der Waals surface area contributed by atoms with Crippen LogP contribution in [-0.4, -0.2) is 37.3 Å². The van der Waals surface area contributed by atoms with Gasteiger partial charge in [0.25, 0.3) is 0 Å². The van der Waals surface area contributed by atoms with E-state index in [1.807, 2.05) is 0 Å². The fraction of sp³-hybridized carbons (Fsp3) is 0.400. The molecule has 0 bridgehead atoms. The van der Waals surface area contributed by atoms with Gasteiger partial charge in [-0.15, -0.1) is 0 Å². The third-order valence-electron chi connectivity index (χ3n) is 2.14. The second-order valence-electron chi connectivity index (χ2n) is 3.57. The van der Waals surface area contributed by atoms with Crippen LogP contribution in [0.25, 0.3) is 0 Å². The van der Waals surface area contributed by atoms with Gasteiger partial charge in [0, 0.05) is 16.3 Å². The molecular formula is C10H10Br2F3NO2S. The number of sulfonamides is 1. The maximum Gasteiger partial charge on any atom is 0.402 e. The zero-order chi connectivity index (χ0) is 14.7. The van der Waals surface area contributed by atoms with Crippen LogP contribution in [0.1, 0.15) is 0 Å². The van der Waals surface area contributed by atoms with Gasteiger partial charge in [-0.3, -0.25) is 0 Å². The fourth-order valence-corrected chi connectivity index (χ4v) is 4.42. The molecule has 3 nitrogen and oxygen atoms in total. The van der Waals surface area contributed by atoms with E-state index in [9.17, 15) is 21.6 Å². The molecule has 0 aromatic heterocycles. The molecule has 0 aliphatic heterocycles. The van der Waals surface area contributed by atoms with Gasteiger partial charge >= 0.3 is 6.18 Å². The van der Waals surface area contributed by atoms with E-state index in [4.69, 9.17) is 0 Å². The lowest BCUT2D eigenvalue weighted by Gasteiger charge is -2.23. The topological polar surface area (TPSA) is 37.4 Å². The molecule has 0 spiro atoms. The molecule has 0 N–H and O–H groups in total. The van der Waals surface area contributed by atoms with E-state index >= 15 is 0 Å². The predicted molar refractivity (Wildman–Crippen MR) is 72.7 cm³/mol. The minimum absolute atomic E-state index is 0.118. The molecule has 1 aromatic rings. The van der Waals surface area contributed by atoms with Crippen LogP contribution < -0.4 is 0 Å². The summed E-state index contributed by atoms with van der Waals surface area (Å²) < 4.78 is 62.4. The van der Waals surface area contributed by atoms with Gasteiger partial charge in [0.15, 0.2) is 0 Å². The van der Waals surface area contributed by atoms with Gasteiger partial charge in [0.1, 0.15) is 6.54 Å². The minimum Gasteiger partial charge on any atom is -0.207 e. The lowest BCUT2D eigenvalue weighted by molar-refractivity contribution is -0.135. The quantitative estimate of drug-likeness (QED) is 0.679. The first-order valence-electron chi connectivity index (χ1n) is 5.06. The maximum atomic E-state index is 12.4. The van der Waals surface area contributed by atoms with E-state index in [2.05, 4.69) is 31.9 Å². The molecule has 0 amide bonds. The van der Waals surface area contributed by atoms with Gasteiger partial charge in [-0.05, 0) is 28.1 Å².